The first-order chi connectivity index (χ1) is 8.24. The van der Waals surface area contributed by atoms with Crippen molar-refractivity contribution in [3.8, 4) is 0 Å². The molecule has 1 unspecified atom stereocenters. The van der Waals surface area contributed by atoms with Crippen molar-refractivity contribution in [1.82, 2.24) is 5.32 Å². The van der Waals surface area contributed by atoms with Gasteiger partial charge in [0.1, 0.15) is 0 Å². The van der Waals surface area contributed by atoms with Gasteiger partial charge in [0, 0.05) is 28.9 Å². The summed E-state index contributed by atoms with van der Waals surface area (Å²) in [5, 5.41) is 3.42. The molecule has 4 heteroatoms. The minimum Gasteiger partial charge on any atom is -0.379 e. The SMILES string of the molecule is CC(C)NCc1ccc(COC2CCOC2)s1. The van der Waals surface area contributed by atoms with E-state index in [0.29, 0.717) is 12.1 Å². The lowest BCUT2D eigenvalue weighted by Crippen LogP contribution is -2.21. The van der Waals surface area contributed by atoms with Crippen LogP contribution in [0.3, 0.4) is 0 Å². The molecule has 1 N–H and O–H groups in total. The highest BCUT2D eigenvalue weighted by Crippen LogP contribution is 2.19. The summed E-state index contributed by atoms with van der Waals surface area (Å²) in [4.78, 5) is 2.68. The molecular formula is C13H21NO2S. The molecule has 2 rings (SSSR count). The van der Waals surface area contributed by atoms with E-state index in [4.69, 9.17) is 9.47 Å². The van der Waals surface area contributed by atoms with Gasteiger partial charge >= 0.3 is 0 Å². The van der Waals surface area contributed by atoms with Crippen LogP contribution in [0, 0.1) is 0 Å². The lowest BCUT2D eigenvalue weighted by atomic mass is 10.3. The largest absolute Gasteiger partial charge is 0.379 e. The van der Waals surface area contributed by atoms with Crippen LogP contribution in [-0.2, 0) is 22.6 Å². The van der Waals surface area contributed by atoms with E-state index < -0.39 is 0 Å². The smallest absolute Gasteiger partial charge is 0.0835 e. The molecule has 1 saturated heterocycles. The third-order valence-corrected chi connectivity index (χ3v) is 3.81. The highest BCUT2D eigenvalue weighted by molar-refractivity contribution is 7.11. The highest BCUT2D eigenvalue weighted by Gasteiger charge is 2.16. The second-order valence-corrected chi connectivity index (χ2v) is 5.95. The zero-order valence-electron chi connectivity index (χ0n) is 10.6. The topological polar surface area (TPSA) is 30.5 Å². The Morgan fingerprint density at radius 3 is 3.00 bits per heavy atom. The molecule has 0 amide bonds. The Balaban J connectivity index is 1.73. The van der Waals surface area contributed by atoms with Gasteiger partial charge in [-0.1, -0.05) is 13.8 Å². The monoisotopic (exact) mass is 255 g/mol. The molecule has 1 fully saturated rings. The van der Waals surface area contributed by atoms with Gasteiger partial charge in [0.15, 0.2) is 0 Å². The molecule has 0 radical (unpaired) electrons. The Morgan fingerprint density at radius 1 is 1.47 bits per heavy atom. The van der Waals surface area contributed by atoms with Crippen molar-refractivity contribution in [3.63, 3.8) is 0 Å². The van der Waals surface area contributed by atoms with Crippen LogP contribution in [0.25, 0.3) is 0 Å². The van der Waals surface area contributed by atoms with Crippen molar-refractivity contribution in [1.29, 1.82) is 0 Å². The van der Waals surface area contributed by atoms with Crippen molar-refractivity contribution in [3.05, 3.63) is 21.9 Å². The van der Waals surface area contributed by atoms with Gasteiger partial charge in [0.2, 0.25) is 0 Å². The van der Waals surface area contributed by atoms with Gasteiger partial charge in [-0.2, -0.15) is 0 Å². The van der Waals surface area contributed by atoms with E-state index >= 15 is 0 Å². The van der Waals surface area contributed by atoms with Crippen LogP contribution in [0.5, 0.6) is 0 Å². The van der Waals surface area contributed by atoms with Crippen molar-refractivity contribution >= 4 is 11.3 Å². The summed E-state index contributed by atoms with van der Waals surface area (Å²) in [6.07, 6.45) is 1.34. The molecule has 0 aliphatic carbocycles. The maximum Gasteiger partial charge on any atom is 0.0835 e. The van der Waals surface area contributed by atoms with Gasteiger partial charge in [-0.3, -0.25) is 0 Å². The highest BCUT2D eigenvalue weighted by atomic mass is 32.1. The molecular weight excluding hydrogens is 234 g/mol. The lowest BCUT2D eigenvalue weighted by Gasteiger charge is -2.08. The molecule has 1 aliphatic heterocycles. The van der Waals surface area contributed by atoms with Crippen LogP contribution in [-0.4, -0.2) is 25.4 Å². The quantitative estimate of drug-likeness (QED) is 0.847. The first kappa shape index (κ1) is 13.0. The summed E-state index contributed by atoms with van der Waals surface area (Å²) < 4.78 is 11.1. The molecule has 1 aliphatic rings. The predicted octanol–water partition coefficient (Wildman–Crippen LogP) is 2.55. The van der Waals surface area contributed by atoms with Crippen LogP contribution >= 0.6 is 11.3 Å². The van der Waals surface area contributed by atoms with E-state index in [2.05, 4.69) is 31.3 Å². The summed E-state index contributed by atoms with van der Waals surface area (Å²) in [7, 11) is 0. The minimum absolute atomic E-state index is 0.300. The van der Waals surface area contributed by atoms with Gasteiger partial charge in [-0.25, -0.2) is 0 Å². The summed E-state index contributed by atoms with van der Waals surface area (Å²) >= 11 is 1.83. The molecule has 17 heavy (non-hydrogen) atoms. The van der Waals surface area contributed by atoms with Crippen LogP contribution < -0.4 is 5.32 Å². The lowest BCUT2D eigenvalue weighted by molar-refractivity contribution is 0.0331. The van der Waals surface area contributed by atoms with E-state index in [0.717, 1.165) is 32.8 Å². The first-order valence-corrected chi connectivity index (χ1v) is 7.06. The van der Waals surface area contributed by atoms with E-state index in [-0.39, 0.29) is 0 Å². The van der Waals surface area contributed by atoms with E-state index in [1.807, 2.05) is 11.3 Å². The van der Waals surface area contributed by atoms with Gasteiger partial charge in [0.05, 0.1) is 19.3 Å². The average Bonchev–Trinajstić information content (AvgIpc) is 2.95. The van der Waals surface area contributed by atoms with E-state index in [9.17, 15) is 0 Å². The summed E-state index contributed by atoms with van der Waals surface area (Å²) in [5.41, 5.74) is 0. The Kier molecular flexibility index (Phi) is 4.98. The second kappa shape index (κ2) is 6.50. The molecule has 1 aromatic heterocycles. The van der Waals surface area contributed by atoms with Crippen molar-refractivity contribution in [2.75, 3.05) is 13.2 Å². The second-order valence-electron chi connectivity index (χ2n) is 4.70. The van der Waals surface area contributed by atoms with Crippen molar-refractivity contribution < 1.29 is 9.47 Å². The Morgan fingerprint density at radius 2 is 2.29 bits per heavy atom. The Labute approximate surface area is 107 Å². The molecule has 0 saturated carbocycles. The molecule has 0 bridgehead atoms. The van der Waals surface area contributed by atoms with Gasteiger partial charge < -0.3 is 14.8 Å². The zero-order valence-corrected chi connectivity index (χ0v) is 11.4. The summed E-state index contributed by atoms with van der Waals surface area (Å²) in [5.74, 6) is 0. The Bertz CT molecular complexity index is 332. The van der Waals surface area contributed by atoms with Gasteiger partial charge in [0.25, 0.3) is 0 Å². The summed E-state index contributed by atoms with van der Waals surface area (Å²) in [6.45, 7) is 7.61. The fraction of sp³-hybridized carbons (Fsp3) is 0.692. The van der Waals surface area contributed by atoms with Crippen LogP contribution in [0.1, 0.15) is 30.0 Å². The predicted molar refractivity (Wildman–Crippen MR) is 70.3 cm³/mol. The van der Waals surface area contributed by atoms with Gasteiger partial charge in [-0.05, 0) is 18.6 Å². The first-order valence-electron chi connectivity index (χ1n) is 6.24. The molecule has 0 spiro atoms. The standard InChI is InChI=1S/C13H21NO2S/c1-10(2)14-7-12-3-4-13(17-12)9-16-11-5-6-15-8-11/h3-4,10-11,14H,5-9H2,1-2H3. The fourth-order valence-corrected chi connectivity index (χ4v) is 2.64. The average molecular weight is 255 g/mol. The Hall–Kier alpha value is -0.420. The maximum atomic E-state index is 5.79. The number of ether oxygens (including phenoxy) is 2. The van der Waals surface area contributed by atoms with Gasteiger partial charge in [-0.15, -0.1) is 11.3 Å². The molecule has 1 aromatic rings. The zero-order chi connectivity index (χ0) is 12.1. The van der Waals surface area contributed by atoms with E-state index in [1.165, 1.54) is 9.75 Å². The van der Waals surface area contributed by atoms with Crippen molar-refractivity contribution in [2.45, 2.75) is 45.6 Å². The third-order valence-electron chi connectivity index (χ3n) is 2.75. The number of hydrogen-bond acceptors (Lipinski definition) is 4. The van der Waals surface area contributed by atoms with Crippen LogP contribution in [0.4, 0.5) is 0 Å². The number of rotatable bonds is 6. The van der Waals surface area contributed by atoms with Crippen LogP contribution in [0.2, 0.25) is 0 Å². The minimum atomic E-state index is 0.300. The molecule has 2 heterocycles. The number of hydrogen-bond donors (Lipinski definition) is 1. The third kappa shape index (κ3) is 4.39. The van der Waals surface area contributed by atoms with Crippen LogP contribution in [0.15, 0.2) is 12.1 Å². The number of nitrogens with one attached hydrogen (secondary N) is 1. The van der Waals surface area contributed by atoms with Crippen molar-refractivity contribution in [2.24, 2.45) is 0 Å². The fourth-order valence-electron chi connectivity index (χ4n) is 1.74. The maximum absolute atomic E-state index is 5.79. The molecule has 96 valence electrons. The molecule has 0 aromatic carbocycles. The molecule has 3 nitrogen and oxygen atoms in total. The normalized spacial score (nSPS) is 20.3. The number of thiophene rings is 1. The molecule has 1 atom stereocenters. The summed E-state index contributed by atoms with van der Waals surface area (Å²) in [6, 6.07) is 4.88. The van der Waals surface area contributed by atoms with E-state index in [1.54, 1.807) is 0 Å².